The van der Waals surface area contributed by atoms with Gasteiger partial charge in [0.1, 0.15) is 30.2 Å². The Balaban J connectivity index is 1.69. The van der Waals surface area contributed by atoms with Gasteiger partial charge in [-0.1, -0.05) is 12.1 Å². The molecular weight excluding hydrogens is 316 g/mol. The molecule has 2 rings (SSSR count). The zero-order valence-corrected chi connectivity index (χ0v) is 13.7. The highest BCUT2D eigenvalue weighted by molar-refractivity contribution is 5.27. The van der Waals surface area contributed by atoms with Crippen molar-refractivity contribution < 1.29 is 34.6 Å². The number of hydrogen-bond donors (Lipinski definition) is 4. The number of unbranched alkanes of at least 4 members (excludes halogenated alkanes) is 1. The summed E-state index contributed by atoms with van der Waals surface area (Å²) in [7, 11) is 1.63. The normalized spacial score (nSPS) is 30.3. The minimum atomic E-state index is -1.40. The van der Waals surface area contributed by atoms with Crippen molar-refractivity contribution >= 4 is 0 Å². The zero-order chi connectivity index (χ0) is 17.5. The molecule has 0 amide bonds. The fraction of sp³-hybridized carbons (Fsp3) is 0.647. The van der Waals surface area contributed by atoms with Gasteiger partial charge in [-0.2, -0.15) is 0 Å². The molecule has 4 N–H and O–H groups in total. The quantitative estimate of drug-likeness (QED) is 0.486. The Morgan fingerprint density at radius 1 is 1.00 bits per heavy atom. The van der Waals surface area contributed by atoms with Crippen molar-refractivity contribution in [3.63, 3.8) is 0 Å². The van der Waals surface area contributed by atoms with E-state index in [0.29, 0.717) is 6.61 Å². The van der Waals surface area contributed by atoms with Gasteiger partial charge in [0.25, 0.3) is 0 Å². The molecule has 24 heavy (non-hydrogen) atoms. The average Bonchev–Trinajstić information content (AvgIpc) is 2.61. The molecule has 7 heteroatoms. The number of aliphatic hydroxyl groups is 4. The van der Waals surface area contributed by atoms with E-state index in [9.17, 15) is 15.3 Å². The Hall–Kier alpha value is -1.22. The van der Waals surface area contributed by atoms with E-state index in [1.54, 1.807) is 7.11 Å². The van der Waals surface area contributed by atoms with E-state index in [1.165, 1.54) is 5.56 Å². The van der Waals surface area contributed by atoms with Gasteiger partial charge >= 0.3 is 0 Å². The second-order valence-corrected chi connectivity index (χ2v) is 5.87. The Kier molecular flexibility index (Phi) is 7.41. The van der Waals surface area contributed by atoms with E-state index >= 15 is 0 Å². The summed E-state index contributed by atoms with van der Waals surface area (Å²) in [6.45, 7) is -0.110. The highest BCUT2D eigenvalue weighted by Crippen LogP contribution is 2.22. The molecule has 1 aliphatic rings. The standard InChI is InChI=1S/C17H26O7/c1-22-12-7-5-11(6-8-12)4-2-3-9-23-17-16(21)15(20)14(19)13(10-18)24-17/h5-8,13-21H,2-4,9-10H2,1H3/t13-,14-,15-,16-,17-/m1/s1. The number of aryl methyl sites for hydroxylation is 1. The Morgan fingerprint density at radius 2 is 1.71 bits per heavy atom. The molecule has 0 aromatic heterocycles. The van der Waals surface area contributed by atoms with Crippen molar-refractivity contribution in [2.24, 2.45) is 0 Å². The van der Waals surface area contributed by atoms with E-state index in [2.05, 4.69) is 0 Å². The monoisotopic (exact) mass is 342 g/mol. The van der Waals surface area contributed by atoms with Gasteiger partial charge < -0.3 is 34.6 Å². The van der Waals surface area contributed by atoms with Gasteiger partial charge in [-0.3, -0.25) is 0 Å². The van der Waals surface area contributed by atoms with E-state index in [-0.39, 0.29) is 0 Å². The summed E-state index contributed by atoms with van der Waals surface area (Å²) in [6, 6.07) is 7.86. The molecule has 1 saturated heterocycles. The van der Waals surface area contributed by atoms with Crippen LogP contribution in [0.5, 0.6) is 5.75 Å². The third kappa shape index (κ3) is 4.89. The van der Waals surface area contributed by atoms with Crippen LogP contribution in [0.4, 0.5) is 0 Å². The molecule has 1 aliphatic heterocycles. The summed E-state index contributed by atoms with van der Waals surface area (Å²) >= 11 is 0. The van der Waals surface area contributed by atoms with Crippen molar-refractivity contribution in [1.82, 2.24) is 0 Å². The van der Waals surface area contributed by atoms with Gasteiger partial charge in [-0.15, -0.1) is 0 Å². The van der Waals surface area contributed by atoms with Crippen molar-refractivity contribution in [1.29, 1.82) is 0 Å². The van der Waals surface area contributed by atoms with Crippen molar-refractivity contribution in [3.05, 3.63) is 29.8 Å². The van der Waals surface area contributed by atoms with Gasteiger partial charge in [-0.25, -0.2) is 0 Å². The minimum Gasteiger partial charge on any atom is -0.497 e. The lowest BCUT2D eigenvalue weighted by molar-refractivity contribution is -0.301. The van der Waals surface area contributed by atoms with Crippen LogP contribution in [0.15, 0.2) is 24.3 Å². The van der Waals surface area contributed by atoms with E-state index < -0.39 is 37.3 Å². The number of aliphatic hydroxyl groups excluding tert-OH is 4. The third-order valence-electron chi connectivity index (χ3n) is 4.15. The van der Waals surface area contributed by atoms with Crippen molar-refractivity contribution in [3.8, 4) is 5.75 Å². The zero-order valence-electron chi connectivity index (χ0n) is 13.7. The largest absolute Gasteiger partial charge is 0.497 e. The molecule has 0 saturated carbocycles. The lowest BCUT2D eigenvalue weighted by Gasteiger charge is -2.39. The topological polar surface area (TPSA) is 109 Å². The summed E-state index contributed by atoms with van der Waals surface area (Å²) in [5.74, 6) is 0.824. The summed E-state index contributed by atoms with van der Waals surface area (Å²) < 4.78 is 15.8. The molecule has 0 bridgehead atoms. The van der Waals surface area contributed by atoms with Gasteiger partial charge in [0.2, 0.25) is 0 Å². The maximum atomic E-state index is 9.85. The summed E-state index contributed by atoms with van der Waals surface area (Å²) in [6.07, 6.45) is -3.56. The maximum Gasteiger partial charge on any atom is 0.186 e. The van der Waals surface area contributed by atoms with Gasteiger partial charge in [0, 0.05) is 6.61 Å². The number of hydrogen-bond acceptors (Lipinski definition) is 7. The van der Waals surface area contributed by atoms with Crippen LogP contribution < -0.4 is 4.74 Å². The molecule has 7 nitrogen and oxygen atoms in total. The highest BCUT2D eigenvalue weighted by atomic mass is 16.7. The van der Waals surface area contributed by atoms with E-state index in [0.717, 1.165) is 25.0 Å². The summed E-state index contributed by atoms with van der Waals surface area (Å²) in [5.41, 5.74) is 1.20. The van der Waals surface area contributed by atoms with Crippen LogP contribution in [-0.2, 0) is 15.9 Å². The molecule has 0 aliphatic carbocycles. The fourth-order valence-electron chi connectivity index (χ4n) is 2.63. The summed E-state index contributed by atoms with van der Waals surface area (Å²) in [4.78, 5) is 0. The molecule has 0 radical (unpaired) electrons. The first kappa shape index (κ1) is 19.1. The molecule has 136 valence electrons. The number of methoxy groups -OCH3 is 1. The summed E-state index contributed by atoms with van der Waals surface area (Å²) in [5, 5.41) is 38.3. The lowest BCUT2D eigenvalue weighted by atomic mass is 9.99. The predicted molar refractivity (Wildman–Crippen MR) is 85.7 cm³/mol. The first-order valence-electron chi connectivity index (χ1n) is 8.12. The third-order valence-corrected chi connectivity index (χ3v) is 4.15. The van der Waals surface area contributed by atoms with Gasteiger partial charge in [0.15, 0.2) is 6.29 Å². The molecule has 1 aromatic rings. The maximum absolute atomic E-state index is 9.85. The average molecular weight is 342 g/mol. The van der Waals surface area contributed by atoms with Gasteiger partial charge in [0.05, 0.1) is 13.7 Å². The first-order chi connectivity index (χ1) is 11.6. The fourth-order valence-corrected chi connectivity index (χ4v) is 2.63. The lowest BCUT2D eigenvalue weighted by Crippen LogP contribution is -2.59. The van der Waals surface area contributed by atoms with Crippen LogP contribution >= 0.6 is 0 Å². The number of benzene rings is 1. The first-order valence-corrected chi connectivity index (χ1v) is 8.12. The molecule has 0 spiro atoms. The second-order valence-electron chi connectivity index (χ2n) is 5.87. The van der Waals surface area contributed by atoms with E-state index in [4.69, 9.17) is 19.3 Å². The SMILES string of the molecule is COc1ccc(CCCCO[C@@H]2O[C@H](CO)[C@@H](O)[C@@H](O)[C@H]2O)cc1. The number of rotatable bonds is 8. The molecule has 1 heterocycles. The Morgan fingerprint density at radius 3 is 2.33 bits per heavy atom. The molecule has 5 atom stereocenters. The Bertz CT molecular complexity index is 476. The van der Waals surface area contributed by atoms with Gasteiger partial charge in [-0.05, 0) is 37.0 Å². The predicted octanol–water partition coefficient (Wildman–Crippen LogP) is -0.166. The van der Waals surface area contributed by atoms with Crippen LogP contribution in [0, 0.1) is 0 Å². The van der Waals surface area contributed by atoms with Crippen molar-refractivity contribution in [2.75, 3.05) is 20.3 Å². The number of ether oxygens (including phenoxy) is 3. The smallest absolute Gasteiger partial charge is 0.186 e. The van der Waals surface area contributed by atoms with E-state index in [1.807, 2.05) is 24.3 Å². The minimum absolute atomic E-state index is 0.346. The molecule has 1 fully saturated rings. The molecule has 0 unspecified atom stereocenters. The molecule has 1 aromatic carbocycles. The van der Waals surface area contributed by atoms with Crippen molar-refractivity contribution in [2.45, 2.75) is 50.0 Å². The van der Waals surface area contributed by atoms with Crippen LogP contribution in [-0.4, -0.2) is 71.5 Å². The highest BCUT2D eigenvalue weighted by Gasteiger charge is 2.43. The Labute approximate surface area is 141 Å². The van der Waals surface area contributed by atoms with Crippen LogP contribution in [0.2, 0.25) is 0 Å². The van der Waals surface area contributed by atoms with Crippen LogP contribution in [0.3, 0.4) is 0 Å². The van der Waals surface area contributed by atoms with Crippen LogP contribution in [0.25, 0.3) is 0 Å². The van der Waals surface area contributed by atoms with Crippen LogP contribution in [0.1, 0.15) is 18.4 Å². The second kappa shape index (κ2) is 9.31. The molecular formula is C17H26O7.